The van der Waals surface area contributed by atoms with E-state index in [2.05, 4.69) is 17.6 Å². The van der Waals surface area contributed by atoms with Gasteiger partial charge < -0.3 is 20.3 Å². The molecule has 1 atom stereocenters. The van der Waals surface area contributed by atoms with E-state index >= 15 is 0 Å². The molecule has 11 nitrogen and oxygen atoms in total. The zero-order valence-electron chi connectivity index (χ0n) is 24.0. The summed E-state index contributed by atoms with van der Waals surface area (Å²) in [4.78, 5) is 46.7. The number of rotatable bonds is 10. The van der Waals surface area contributed by atoms with E-state index in [0.717, 1.165) is 47.7 Å². The molecule has 4 bridgehead atoms. The molecule has 3 amide bonds. The summed E-state index contributed by atoms with van der Waals surface area (Å²) < 4.78 is 31.4. The zero-order chi connectivity index (χ0) is 29.7. The van der Waals surface area contributed by atoms with E-state index in [1.165, 1.54) is 62.4 Å². The Morgan fingerprint density at radius 3 is 1.98 bits per heavy atom. The van der Waals surface area contributed by atoms with Gasteiger partial charge in [-0.3, -0.25) is 19.2 Å². The van der Waals surface area contributed by atoms with Gasteiger partial charge in [0, 0.05) is 39.8 Å². The van der Waals surface area contributed by atoms with E-state index in [1.807, 2.05) is 0 Å². The lowest BCUT2D eigenvalue weighted by molar-refractivity contribution is -0.149. The fraction of sp³-hybridized carbons (Fsp3) is 0.643. The average molecular weight is 579 g/mol. The van der Waals surface area contributed by atoms with Gasteiger partial charge in [-0.15, -0.1) is 0 Å². The second-order valence-electron chi connectivity index (χ2n) is 11.8. The van der Waals surface area contributed by atoms with E-state index < -0.39 is 29.1 Å². The van der Waals surface area contributed by atoms with Gasteiger partial charge in [-0.05, 0) is 92.9 Å². The number of nitrogens with one attached hydrogen (secondary N) is 2. The van der Waals surface area contributed by atoms with Crippen molar-refractivity contribution in [2.45, 2.75) is 63.3 Å². The molecule has 0 heterocycles. The molecule has 4 aliphatic rings. The SMILES string of the molecule is CC(=O)Nc1ccc(S(=O)(=O)N(C)CC(=O)OCC(=O)NC(C)C23CC4CC(CC(C4)C2)C3)cc1.CN(C)C=O. The molecule has 222 valence electrons. The van der Waals surface area contributed by atoms with Crippen LogP contribution in [-0.2, 0) is 33.9 Å². The Kier molecular flexibility index (Phi) is 10.3. The minimum Gasteiger partial charge on any atom is -0.455 e. The van der Waals surface area contributed by atoms with E-state index in [0.29, 0.717) is 5.69 Å². The van der Waals surface area contributed by atoms with Crippen LogP contribution in [0.15, 0.2) is 29.2 Å². The maximum Gasteiger partial charge on any atom is 0.321 e. The average Bonchev–Trinajstić information content (AvgIpc) is 2.87. The Bertz CT molecular complexity index is 1150. The number of hydrogen-bond acceptors (Lipinski definition) is 7. The number of hydrogen-bond donors (Lipinski definition) is 2. The topological polar surface area (TPSA) is 142 Å². The van der Waals surface area contributed by atoms with Crippen molar-refractivity contribution in [1.29, 1.82) is 0 Å². The maximum absolute atomic E-state index is 12.7. The van der Waals surface area contributed by atoms with Gasteiger partial charge in [0.05, 0.1) is 4.90 Å². The molecule has 40 heavy (non-hydrogen) atoms. The first-order valence-electron chi connectivity index (χ1n) is 13.6. The van der Waals surface area contributed by atoms with Crippen LogP contribution in [0.1, 0.15) is 52.4 Å². The number of likely N-dealkylation sites (N-methyl/N-ethyl adjacent to an activating group) is 1. The van der Waals surface area contributed by atoms with Crippen molar-refractivity contribution in [3.05, 3.63) is 24.3 Å². The van der Waals surface area contributed by atoms with Crippen molar-refractivity contribution >= 4 is 39.9 Å². The summed E-state index contributed by atoms with van der Waals surface area (Å²) in [6.07, 6.45) is 8.21. The zero-order valence-corrected chi connectivity index (χ0v) is 24.8. The molecule has 4 saturated carbocycles. The molecule has 1 aromatic rings. The minimum atomic E-state index is -3.94. The highest BCUT2D eigenvalue weighted by molar-refractivity contribution is 7.89. The number of nitrogens with zero attached hydrogens (tertiary/aromatic N) is 2. The van der Waals surface area contributed by atoms with Crippen LogP contribution in [0.25, 0.3) is 0 Å². The third kappa shape index (κ3) is 8.03. The lowest BCUT2D eigenvalue weighted by Crippen LogP contribution is -2.56. The Balaban J connectivity index is 0.000000810. The van der Waals surface area contributed by atoms with Gasteiger partial charge in [-0.25, -0.2) is 8.42 Å². The van der Waals surface area contributed by atoms with Gasteiger partial charge in [-0.2, -0.15) is 4.31 Å². The molecule has 0 aromatic heterocycles. The van der Waals surface area contributed by atoms with Crippen molar-refractivity contribution in [2.24, 2.45) is 23.2 Å². The van der Waals surface area contributed by atoms with E-state index in [4.69, 9.17) is 4.74 Å². The quantitative estimate of drug-likeness (QED) is 0.320. The smallest absolute Gasteiger partial charge is 0.321 e. The number of amides is 3. The van der Waals surface area contributed by atoms with Crippen molar-refractivity contribution < 1.29 is 32.3 Å². The molecule has 5 rings (SSSR count). The van der Waals surface area contributed by atoms with Crippen molar-refractivity contribution in [1.82, 2.24) is 14.5 Å². The molecule has 0 aliphatic heterocycles. The summed E-state index contributed by atoms with van der Waals surface area (Å²) in [5.74, 6) is 0.897. The molecule has 2 N–H and O–H groups in total. The third-order valence-electron chi connectivity index (χ3n) is 8.19. The Morgan fingerprint density at radius 1 is 1.02 bits per heavy atom. The van der Waals surface area contributed by atoms with Gasteiger partial charge in [0.2, 0.25) is 22.3 Å². The van der Waals surface area contributed by atoms with Gasteiger partial charge in [0.15, 0.2) is 6.61 Å². The molecule has 4 fully saturated rings. The standard InChI is InChI=1S/C25H35N3O6S.C3H7NO/c1-16(25-11-18-8-19(12-25)10-20(9-18)13-25)26-23(30)15-34-24(31)14-28(3)35(32,33)22-6-4-21(5-7-22)27-17(2)29;1-4(2)3-5/h4-7,16,18-20H,8-15H2,1-3H3,(H,26,30)(H,27,29);3H,1-2H3. The Labute approximate surface area is 237 Å². The number of ether oxygens (including phenoxy) is 1. The van der Waals surface area contributed by atoms with Crippen LogP contribution in [0, 0.1) is 23.2 Å². The fourth-order valence-electron chi connectivity index (χ4n) is 6.70. The van der Waals surface area contributed by atoms with Gasteiger partial charge in [-0.1, -0.05) is 0 Å². The first kappa shape index (κ1) is 31.5. The highest BCUT2D eigenvalue weighted by Crippen LogP contribution is 2.61. The summed E-state index contributed by atoms with van der Waals surface area (Å²) in [6, 6.07) is 5.65. The van der Waals surface area contributed by atoms with Crippen LogP contribution < -0.4 is 10.6 Å². The molecule has 0 saturated heterocycles. The van der Waals surface area contributed by atoms with Crippen LogP contribution in [0.2, 0.25) is 0 Å². The van der Waals surface area contributed by atoms with Crippen LogP contribution in [0.3, 0.4) is 0 Å². The third-order valence-corrected chi connectivity index (χ3v) is 10.0. The molecule has 0 radical (unpaired) electrons. The van der Waals surface area contributed by atoms with Gasteiger partial charge in [0.1, 0.15) is 6.54 Å². The molecule has 4 aliphatic carbocycles. The Hall–Kier alpha value is -2.99. The number of sulfonamides is 1. The maximum atomic E-state index is 12.7. The summed E-state index contributed by atoms with van der Waals surface area (Å²) in [7, 11) is 0.703. The normalized spacial score (nSPS) is 25.3. The number of carbonyl (C=O) groups is 4. The molecule has 0 spiro atoms. The van der Waals surface area contributed by atoms with E-state index in [1.54, 1.807) is 14.1 Å². The molecule has 12 heteroatoms. The van der Waals surface area contributed by atoms with Crippen LogP contribution in [0.4, 0.5) is 5.69 Å². The summed E-state index contributed by atoms with van der Waals surface area (Å²) >= 11 is 0. The Morgan fingerprint density at radius 2 is 1.52 bits per heavy atom. The number of benzene rings is 1. The van der Waals surface area contributed by atoms with E-state index in [-0.39, 0.29) is 28.2 Å². The summed E-state index contributed by atoms with van der Waals surface area (Å²) in [5.41, 5.74) is 0.616. The second-order valence-corrected chi connectivity index (χ2v) is 13.8. The first-order valence-corrected chi connectivity index (χ1v) is 15.1. The molecular weight excluding hydrogens is 536 g/mol. The predicted octanol–water partition coefficient (Wildman–Crippen LogP) is 2.23. The predicted molar refractivity (Wildman–Crippen MR) is 149 cm³/mol. The van der Waals surface area contributed by atoms with Crippen LogP contribution in [-0.4, -0.2) is 82.2 Å². The number of carbonyl (C=O) groups excluding carboxylic acids is 4. The minimum absolute atomic E-state index is 0.0191. The van der Waals surface area contributed by atoms with Crippen molar-refractivity contribution in [3.63, 3.8) is 0 Å². The van der Waals surface area contributed by atoms with E-state index in [9.17, 15) is 27.6 Å². The lowest BCUT2D eigenvalue weighted by atomic mass is 9.48. The van der Waals surface area contributed by atoms with Crippen molar-refractivity contribution in [2.75, 3.05) is 39.6 Å². The highest BCUT2D eigenvalue weighted by Gasteiger charge is 2.53. The molecule has 1 unspecified atom stereocenters. The molecule has 1 aromatic carbocycles. The van der Waals surface area contributed by atoms with Crippen LogP contribution >= 0.6 is 0 Å². The second kappa shape index (κ2) is 13.1. The fourth-order valence-corrected chi connectivity index (χ4v) is 7.81. The summed E-state index contributed by atoms with van der Waals surface area (Å²) in [5, 5.41) is 5.61. The van der Waals surface area contributed by atoms with Crippen LogP contribution in [0.5, 0.6) is 0 Å². The number of anilines is 1. The lowest BCUT2D eigenvalue weighted by Gasteiger charge is -2.59. The largest absolute Gasteiger partial charge is 0.455 e. The summed E-state index contributed by atoms with van der Waals surface area (Å²) in [6.45, 7) is 2.46. The highest BCUT2D eigenvalue weighted by atomic mass is 32.2. The first-order chi connectivity index (χ1) is 18.7. The number of esters is 1. The van der Waals surface area contributed by atoms with Gasteiger partial charge >= 0.3 is 5.97 Å². The monoisotopic (exact) mass is 578 g/mol. The van der Waals surface area contributed by atoms with Gasteiger partial charge in [0.25, 0.3) is 5.91 Å². The molecular formula is C28H42N4O7S. The van der Waals surface area contributed by atoms with Crippen molar-refractivity contribution in [3.8, 4) is 0 Å².